The van der Waals surface area contributed by atoms with E-state index in [0.29, 0.717) is 5.75 Å². The van der Waals surface area contributed by atoms with Gasteiger partial charge in [0.15, 0.2) is 0 Å². The molecular weight excluding hydrogens is 248 g/mol. The van der Waals surface area contributed by atoms with E-state index < -0.39 is 5.97 Å². The second-order valence-corrected chi connectivity index (χ2v) is 3.78. The molecule has 0 spiro atoms. The predicted molar refractivity (Wildman–Crippen MR) is 56.8 cm³/mol. The molecular formula is C10H11BrO3. The minimum atomic E-state index is -0.845. The molecule has 0 fully saturated rings. The molecule has 1 rings (SSSR count). The van der Waals surface area contributed by atoms with Gasteiger partial charge in [0.25, 0.3) is 0 Å². The summed E-state index contributed by atoms with van der Waals surface area (Å²) in [7, 11) is 1.57. The van der Waals surface area contributed by atoms with Crippen molar-refractivity contribution in [2.24, 2.45) is 0 Å². The molecule has 0 saturated heterocycles. The molecule has 0 radical (unpaired) electrons. The Labute approximate surface area is 90.8 Å². The van der Waals surface area contributed by atoms with Crippen molar-refractivity contribution in [3.05, 3.63) is 27.7 Å². The largest absolute Gasteiger partial charge is 0.496 e. The minimum Gasteiger partial charge on any atom is -0.496 e. The standard InChI is InChI=1S/C10H11BrO3/c1-6-7(5-10(12)13)8(11)3-4-9(6)14-2/h3-4H,5H2,1-2H3,(H,12,13). The van der Waals surface area contributed by atoms with E-state index in [1.165, 1.54) is 0 Å². The van der Waals surface area contributed by atoms with Crippen molar-refractivity contribution >= 4 is 21.9 Å². The van der Waals surface area contributed by atoms with Crippen LogP contribution >= 0.6 is 15.9 Å². The maximum Gasteiger partial charge on any atom is 0.307 e. The van der Waals surface area contributed by atoms with Crippen molar-refractivity contribution < 1.29 is 14.6 Å². The van der Waals surface area contributed by atoms with Crippen LogP contribution in [-0.2, 0) is 11.2 Å². The van der Waals surface area contributed by atoms with Crippen LogP contribution in [0, 0.1) is 6.92 Å². The van der Waals surface area contributed by atoms with Gasteiger partial charge in [-0.25, -0.2) is 0 Å². The van der Waals surface area contributed by atoms with Gasteiger partial charge in [0, 0.05) is 4.47 Å². The van der Waals surface area contributed by atoms with E-state index in [1.54, 1.807) is 13.2 Å². The Morgan fingerprint density at radius 2 is 2.21 bits per heavy atom. The Morgan fingerprint density at radius 3 is 2.71 bits per heavy atom. The van der Waals surface area contributed by atoms with E-state index in [9.17, 15) is 4.79 Å². The van der Waals surface area contributed by atoms with Crippen LogP contribution in [0.5, 0.6) is 5.75 Å². The lowest BCUT2D eigenvalue weighted by molar-refractivity contribution is -0.136. The molecule has 1 aromatic rings. The number of carbonyl (C=O) groups is 1. The maximum absolute atomic E-state index is 10.6. The van der Waals surface area contributed by atoms with Crippen molar-refractivity contribution in [1.82, 2.24) is 0 Å². The van der Waals surface area contributed by atoms with Crippen LogP contribution in [-0.4, -0.2) is 18.2 Å². The van der Waals surface area contributed by atoms with Crippen LogP contribution < -0.4 is 4.74 Å². The van der Waals surface area contributed by atoms with Gasteiger partial charge in [-0.2, -0.15) is 0 Å². The highest BCUT2D eigenvalue weighted by molar-refractivity contribution is 9.10. The lowest BCUT2D eigenvalue weighted by Crippen LogP contribution is -2.04. The summed E-state index contributed by atoms with van der Waals surface area (Å²) in [4.78, 5) is 10.6. The average Bonchev–Trinajstić information content (AvgIpc) is 2.12. The molecule has 76 valence electrons. The molecule has 0 heterocycles. The SMILES string of the molecule is COc1ccc(Br)c(CC(=O)O)c1C. The fourth-order valence-electron chi connectivity index (χ4n) is 1.29. The Hall–Kier alpha value is -1.03. The monoisotopic (exact) mass is 258 g/mol. The summed E-state index contributed by atoms with van der Waals surface area (Å²) in [6.45, 7) is 1.85. The number of benzene rings is 1. The number of carboxylic acid groups (broad SMARTS) is 1. The topological polar surface area (TPSA) is 46.5 Å². The highest BCUT2D eigenvalue weighted by atomic mass is 79.9. The van der Waals surface area contributed by atoms with Crippen LogP contribution in [0.25, 0.3) is 0 Å². The van der Waals surface area contributed by atoms with Crippen LogP contribution in [0.2, 0.25) is 0 Å². The molecule has 0 aliphatic heterocycles. The number of hydrogen-bond acceptors (Lipinski definition) is 2. The van der Waals surface area contributed by atoms with E-state index in [-0.39, 0.29) is 6.42 Å². The molecule has 0 saturated carbocycles. The Kier molecular flexibility index (Phi) is 3.52. The van der Waals surface area contributed by atoms with Gasteiger partial charge in [0.1, 0.15) is 5.75 Å². The third kappa shape index (κ3) is 2.26. The molecule has 3 nitrogen and oxygen atoms in total. The molecule has 1 N–H and O–H groups in total. The number of hydrogen-bond donors (Lipinski definition) is 1. The molecule has 0 unspecified atom stereocenters. The van der Waals surface area contributed by atoms with Gasteiger partial charge in [-0.3, -0.25) is 4.79 Å². The second kappa shape index (κ2) is 4.46. The number of halogens is 1. The lowest BCUT2D eigenvalue weighted by atomic mass is 10.1. The minimum absolute atomic E-state index is 0.00359. The van der Waals surface area contributed by atoms with Gasteiger partial charge in [0.2, 0.25) is 0 Å². The van der Waals surface area contributed by atoms with Gasteiger partial charge >= 0.3 is 5.97 Å². The molecule has 0 amide bonds. The summed E-state index contributed by atoms with van der Waals surface area (Å²) in [6.07, 6.45) is 0.00359. The number of carboxylic acids is 1. The fourth-order valence-corrected chi connectivity index (χ4v) is 1.86. The summed E-state index contributed by atoms with van der Waals surface area (Å²) in [5, 5.41) is 8.72. The van der Waals surface area contributed by atoms with Crippen molar-refractivity contribution in [2.75, 3.05) is 7.11 Å². The molecule has 0 aliphatic carbocycles. The van der Waals surface area contributed by atoms with E-state index >= 15 is 0 Å². The third-order valence-corrected chi connectivity index (χ3v) is 2.78. The first-order chi connectivity index (χ1) is 6.56. The summed E-state index contributed by atoms with van der Waals surface area (Å²) in [5.41, 5.74) is 1.63. The zero-order valence-corrected chi connectivity index (χ0v) is 9.59. The molecule has 1 aromatic carbocycles. The van der Waals surface area contributed by atoms with E-state index in [4.69, 9.17) is 9.84 Å². The van der Waals surface area contributed by atoms with Crippen molar-refractivity contribution in [3.63, 3.8) is 0 Å². The van der Waals surface area contributed by atoms with Gasteiger partial charge in [0.05, 0.1) is 13.5 Å². The third-order valence-electron chi connectivity index (χ3n) is 2.04. The van der Waals surface area contributed by atoms with E-state index in [2.05, 4.69) is 15.9 Å². The molecule has 0 aliphatic rings. The number of ether oxygens (including phenoxy) is 1. The smallest absolute Gasteiger partial charge is 0.307 e. The van der Waals surface area contributed by atoms with E-state index in [1.807, 2.05) is 13.0 Å². The highest BCUT2D eigenvalue weighted by Crippen LogP contribution is 2.28. The predicted octanol–water partition coefficient (Wildman–Crippen LogP) is 2.39. The lowest BCUT2D eigenvalue weighted by Gasteiger charge is -2.10. The van der Waals surface area contributed by atoms with Gasteiger partial charge in [-0.15, -0.1) is 0 Å². The first kappa shape index (κ1) is 11.0. The second-order valence-electron chi connectivity index (χ2n) is 2.92. The van der Waals surface area contributed by atoms with Crippen molar-refractivity contribution in [3.8, 4) is 5.75 Å². The number of rotatable bonds is 3. The molecule has 0 atom stereocenters. The summed E-state index contributed by atoms with van der Waals surface area (Å²) < 4.78 is 5.91. The fraction of sp³-hybridized carbons (Fsp3) is 0.300. The highest BCUT2D eigenvalue weighted by Gasteiger charge is 2.11. The summed E-state index contributed by atoms with van der Waals surface area (Å²) >= 11 is 3.32. The van der Waals surface area contributed by atoms with Crippen molar-refractivity contribution in [1.29, 1.82) is 0 Å². The Bertz CT molecular complexity index is 361. The van der Waals surface area contributed by atoms with E-state index in [0.717, 1.165) is 15.6 Å². The van der Waals surface area contributed by atoms with Crippen LogP contribution in [0.3, 0.4) is 0 Å². The van der Waals surface area contributed by atoms with Gasteiger partial charge < -0.3 is 9.84 Å². The zero-order chi connectivity index (χ0) is 10.7. The molecule has 0 aromatic heterocycles. The summed E-state index contributed by atoms with van der Waals surface area (Å²) in [5.74, 6) is -0.133. The number of aliphatic carboxylic acids is 1. The quantitative estimate of drug-likeness (QED) is 0.906. The maximum atomic E-state index is 10.6. The van der Waals surface area contributed by atoms with Gasteiger partial charge in [-0.05, 0) is 30.2 Å². The normalized spacial score (nSPS) is 9.93. The zero-order valence-electron chi connectivity index (χ0n) is 8.00. The Morgan fingerprint density at radius 1 is 1.57 bits per heavy atom. The number of methoxy groups -OCH3 is 1. The average molecular weight is 259 g/mol. The first-order valence-corrected chi connectivity index (χ1v) is 4.89. The van der Waals surface area contributed by atoms with Crippen LogP contribution in [0.1, 0.15) is 11.1 Å². The Balaban J connectivity index is 3.18. The van der Waals surface area contributed by atoms with Crippen LogP contribution in [0.15, 0.2) is 16.6 Å². The van der Waals surface area contributed by atoms with Crippen LogP contribution in [0.4, 0.5) is 0 Å². The molecule has 14 heavy (non-hydrogen) atoms. The van der Waals surface area contributed by atoms with Gasteiger partial charge in [-0.1, -0.05) is 15.9 Å². The molecule has 0 bridgehead atoms. The van der Waals surface area contributed by atoms with Crippen molar-refractivity contribution in [2.45, 2.75) is 13.3 Å². The summed E-state index contributed by atoms with van der Waals surface area (Å²) in [6, 6.07) is 3.61. The first-order valence-electron chi connectivity index (χ1n) is 4.10. The molecule has 4 heteroatoms.